The highest BCUT2D eigenvalue weighted by Crippen LogP contribution is 2.26. The number of benzene rings is 1. The maximum Gasteiger partial charge on any atom is 0.201 e. The van der Waals surface area contributed by atoms with Gasteiger partial charge in [-0.2, -0.15) is 0 Å². The lowest BCUT2D eigenvalue weighted by Crippen LogP contribution is -2.07. The van der Waals surface area contributed by atoms with Crippen molar-refractivity contribution >= 4 is 32.9 Å². The van der Waals surface area contributed by atoms with Crippen LogP contribution in [0.5, 0.6) is 0 Å². The normalized spacial score (nSPS) is 11.2. The molecular weight excluding hydrogens is 323 g/mol. The number of fused-ring (bicyclic) bond motifs is 1. The van der Waals surface area contributed by atoms with E-state index in [1.54, 1.807) is 12.3 Å². The first kappa shape index (κ1) is 13.1. The number of imidazole rings is 1. The Hall–Kier alpha value is -1.95. The fourth-order valence-corrected chi connectivity index (χ4v) is 2.47. The van der Waals surface area contributed by atoms with Gasteiger partial charge in [-0.3, -0.25) is 4.98 Å². The number of rotatable bonds is 2. The van der Waals surface area contributed by atoms with Gasteiger partial charge >= 0.3 is 0 Å². The lowest BCUT2D eigenvalue weighted by atomic mass is 10.2. The molecule has 6 heteroatoms. The van der Waals surface area contributed by atoms with Gasteiger partial charge in [0.25, 0.3) is 0 Å². The minimum atomic E-state index is -0.351. The fourth-order valence-electron chi connectivity index (χ4n) is 2.14. The van der Waals surface area contributed by atoms with Crippen LogP contribution < -0.4 is 5.73 Å². The molecule has 0 unspecified atom stereocenters. The van der Waals surface area contributed by atoms with E-state index < -0.39 is 0 Å². The summed E-state index contributed by atoms with van der Waals surface area (Å²) < 4.78 is 15.8. The highest BCUT2D eigenvalue weighted by atomic mass is 79.9. The molecule has 3 aromatic rings. The standard InChI is InChI=1S/C14H12BrFN4/c1-8-3-2-4-18-12(8)7-20-13-5-9(15)10(16)6-11(13)19-14(20)17/h2-6H,7H2,1H3,(H2,17,19). The molecule has 2 N–H and O–H groups in total. The first-order valence-corrected chi connectivity index (χ1v) is 6.87. The maximum absolute atomic E-state index is 13.5. The summed E-state index contributed by atoms with van der Waals surface area (Å²) in [5.74, 6) is -0.00119. The van der Waals surface area contributed by atoms with Gasteiger partial charge in [-0.25, -0.2) is 9.37 Å². The van der Waals surface area contributed by atoms with Crippen LogP contribution in [0.15, 0.2) is 34.9 Å². The molecule has 102 valence electrons. The molecule has 0 fully saturated rings. The van der Waals surface area contributed by atoms with Crippen LogP contribution in [0.1, 0.15) is 11.3 Å². The number of nitrogen functional groups attached to an aromatic ring is 1. The Morgan fingerprint density at radius 2 is 2.20 bits per heavy atom. The van der Waals surface area contributed by atoms with Crippen LogP contribution in [-0.2, 0) is 6.54 Å². The number of anilines is 1. The van der Waals surface area contributed by atoms with Gasteiger partial charge in [-0.1, -0.05) is 6.07 Å². The number of aromatic nitrogens is 3. The predicted molar refractivity (Wildman–Crippen MR) is 79.9 cm³/mol. The summed E-state index contributed by atoms with van der Waals surface area (Å²) in [5.41, 5.74) is 9.25. The molecule has 2 aromatic heterocycles. The highest BCUT2D eigenvalue weighted by molar-refractivity contribution is 9.10. The van der Waals surface area contributed by atoms with E-state index in [1.807, 2.05) is 23.6 Å². The summed E-state index contributed by atoms with van der Waals surface area (Å²) in [6.07, 6.45) is 1.74. The van der Waals surface area contributed by atoms with Crippen molar-refractivity contribution in [3.8, 4) is 0 Å². The first-order chi connectivity index (χ1) is 9.56. The van der Waals surface area contributed by atoms with Crippen molar-refractivity contribution in [2.75, 3.05) is 5.73 Å². The van der Waals surface area contributed by atoms with Gasteiger partial charge < -0.3 is 10.3 Å². The number of hydrogen-bond acceptors (Lipinski definition) is 3. The molecule has 0 saturated carbocycles. The number of pyridine rings is 1. The SMILES string of the molecule is Cc1cccnc1Cn1c(N)nc2cc(F)c(Br)cc21. The van der Waals surface area contributed by atoms with Gasteiger partial charge in [0.05, 0.1) is 27.7 Å². The van der Waals surface area contributed by atoms with E-state index in [9.17, 15) is 4.39 Å². The van der Waals surface area contributed by atoms with E-state index in [-0.39, 0.29) is 5.82 Å². The second-order valence-corrected chi connectivity index (χ2v) is 5.43. The molecule has 1 aromatic carbocycles. The Balaban J connectivity index is 2.14. The zero-order valence-electron chi connectivity index (χ0n) is 10.8. The molecule has 2 heterocycles. The Bertz CT molecular complexity index is 797. The molecule has 0 aliphatic carbocycles. The van der Waals surface area contributed by atoms with Gasteiger partial charge in [0.1, 0.15) is 5.82 Å². The van der Waals surface area contributed by atoms with Crippen molar-refractivity contribution in [2.45, 2.75) is 13.5 Å². The average Bonchev–Trinajstić information content (AvgIpc) is 2.69. The van der Waals surface area contributed by atoms with Gasteiger partial charge in [0.15, 0.2) is 0 Å². The maximum atomic E-state index is 13.5. The van der Waals surface area contributed by atoms with Crippen molar-refractivity contribution in [2.24, 2.45) is 0 Å². The van der Waals surface area contributed by atoms with E-state index in [1.165, 1.54) is 6.07 Å². The number of aryl methyl sites for hydroxylation is 1. The summed E-state index contributed by atoms with van der Waals surface area (Å²) >= 11 is 3.19. The highest BCUT2D eigenvalue weighted by Gasteiger charge is 2.13. The monoisotopic (exact) mass is 334 g/mol. The number of halogens is 2. The summed E-state index contributed by atoms with van der Waals surface area (Å²) in [4.78, 5) is 8.54. The molecule has 0 spiro atoms. The lowest BCUT2D eigenvalue weighted by molar-refractivity contribution is 0.622. The van der Waals surface area contributed by atoms with Crippen molar-refractivity contribution in [1.29, 1.82) is 0 Å². The van der Waals surface area contributed by atoms with Gasteiger partial charge in [0.2, 0.25) is 5.95 Å². The number of hydrogen-bond donors (Lipinski definition) is 1. The van der Waals surface area contributed by atoms with Gasteiger partial charge in [-0.05, 0) is 40.5 Å². The summed E-state index contributed by atoms with van der Waals surface area (Å²) in [7, 11) is 0. The van der Waals surface area contributed by atoms with E-state index >= 15 is 0 Å². The van der Waals surface area contributed by atoms with Crippen LogP contribution in [0.25, 0.3) is 11.0 Å². The number of nitrogens with zero attached hydrogens (tertiary/aromatic N) is 3. The molecule has 0 bridgehead atoms. The molecule has 0 atom stereocenters. The van der Waals surface area contributed by atoms with E-state index in [0.717, 1.165) is 16.8 Å². The van der Waals surface area contributed by atoms with Crippen LogP contribution in [0.3, 0.4) is 0 Å². The Morgan fingerprint density at radius 3 is 2.95 bits per heavy atom. The quantitative estimate of drug-likeness (QED) is 0.782. The molecule has 20 heavy (non-hydrogen) atoms. The van der Waals surface area contributed by atoms with E-state index in [2.05, 4.69) is 25.9 Å². The summed E-state index contributed by atoms with van der Waals surface area (Å²) in [5, 5.41) is 0. The van der Waals surface area contributed by atoms with Crippen LogP contribution in [0.2, 0.25) is 0 Å². The summed E-state index contributed by atoms with van der Waals surface area (Å²) in [6.45, 7) is 2.50. The molecule has 0 radical (unpaired) electrons. The van der Waals surface area contributed by atoms with Crippen LogP contribution in [0, 0.1) is 12.7 Å². The molecular formula is C14H12BrFN4. The minimum absolute atomic E-state index is 0.350. The topological polar surface area (TPSA) is 56.7 Å². The molecule has 0 aliphatic heterocycles. The van der Waals surface area contributed by atoms with Crippen molar-refractivity contribution in [3.05, 3.63) is 52.0 Å². The first-order valence-electron chi connectivity index (χ1n) is 6.07. The fraction of sp³-hybridized carbons (Fsp3) is 0.143. The molecule has 0 aliphatic rings. The van der Waals surface area contributed by atoms with Crippen LogP contribution >= 0.6 is 15.9 Å². The Kier molecular flexibility index (Phi) is 3.17. The smallest absolute Gasteiger partial charge is 0.201 e. The zero-order chi connectivity index (χ0) is 14.3. The van der Waals surface area contributed by atoms with Crippen LogP contribution in [-0.4, -0.2) is 14.5 Å². The third-order valence-electron chi connectivity index (χ3n) is 3.25. The van der Waals surface area contributed by atoms with E-state index in [4.69, 9.17) is 5.73 Å². The molecule has 3 rings (SSSR count). The van der Waals surface area contributed by atoms with Crippen molar-refractivity contribution in [1.82, 2.24) is 14.5 Å². The van der Waals surface area contributed by atoms with Gasteiger partial charge in [-0.15, -0.1) is 0 Å². The lowest BCUT2D eigenvalue weighted by Gasteiger charge is -2.08. The van der Waals surface area contributed by atoms with Crippen molar-refractivity contribution in [3.63, 3.8) is 0 Å². The van der Waals surface area contributed by atoms with Crippen molar-refractivity contribution < 1.29 is 4.39 Å². The van der Waals surface area contributed by atoms with Crippen LogP contribution in [0.4, 0.5) is 10.3 Å². The van der Waals surface area contributed by atoms with E-state index in [0.29, 0.717) is 22.5 Å². The third kappa shape index (κ3) is 2.16. The number of nitrogens with two attached hydrogens (primary N) is 1. The molecule has 4 nitrogen and oxygen atoms in total. The Morgan fingerprint density at radius 1 is 1.40 bits per heavy atom. The second-order valence-electron chi connectivity index (χ2n) is 4.58. The second kappa shape index (κ2) is 4.86. The minimum Gasteiger partial charge on any atom is -0.369 e. The molecule has 0 saturated heterocycles. The zero-order valence-corrected chi connectivity index (χ0v) is 12.4. The predicted octanol–water partition coefficient (Wildman–Crippen LogP) is 3.27. The largest absolute Gasteiger partial charge is 0.369 e. The Labute approximate surface area is 123 Å². The molecule has 0 amide bonds. The third-order valence-corrected chi connectivity index (χ3v) is 3.85. The average molecular weight is 335 g/mol. The van der Waals surface area contributed by atoms with Gasteiger partial charge in [0, 0.05) is 12.3 Å². The summed E-state index contributed by atoms with van der Waals surface area (Å²) in [6, 6.07) is 6.94.